The summed E-state index contributed by atoms with van der Waals surface area (Å²) in [5.74, 6) is 0.743. The highest BCUT2D eigenvalue weighted by Gasteiger charge is 2.39. The van der Waals surface area contributed by atoms with Crippen molar-refractivity contribution in [3.63, 3.8) is 0 Å². The van der Waals surface area contributed by atoms with Crippen molar-refractivity contribution in [1.82, 2.24) is 4.83 Å². The van der Waals surface area contributed by atoms with E-state index in [0.717, 1.165) is 17.6 Å². The van der Waals surface area contributed by atoms with Gasteiger partial charge in [0, 0.05) is 5.71 Å². The highest BCUT2D eigenvalue weighted by molar-refractivity contribution is 7.93. The van der Waals surface area contributed by atoms with Gasteiger partial charge in [0.25, 0.3) is 10.0 Å². The number of rotatable bonds is 6. The molecule has 5 heteroatoms. The quantitative estimate of drug-likeness (QED) is 0.547. The predicted molar refractivity (Wildman–Crippen MR) is 103 cm³/mol. The van der Waals surface area contributed by atoms with Gasteiger partial charge in [0.2, 0.25) is 0 Å². The minimum atomic E-state index is -3.67. The Morgan fingerprint density at radius 2 is 1.67 bits per heavy atom. The summed E-state index contributed by atoms with van der Waals surface area (Å²) >= 11 is 0. The third-order valence-corrected chi connectivity index (χ3v) is 6.27. The van der Waals surface area contributed by atoms with Crippen molar-refractivity contribution in [1.29, 1.82) is 0 Å². The van der Waals surface area contributed by atoms with Crippen LogP contribution in [-0.2, 0) is 10.0 Å². The van der Waals surface area contributed by atoms with Gasteiger partial charge in [-0.1, -0.05) is 54.5 Å². The van der Waals surface area contributed by atoms with Gasteiger partial charge in [-0.3, -0.25) is 0 Å². The first-order chi connectivity index (χ1) is 10.8. The molecular formula is C19H34N2O2S. The number of sulfonamides is 1. The molecular weight excluding hydrogens is 320 g/mol. The zero-order chi connectivity index (χ0) is 18.9. The Kier molecular flexibility index (Phi) is 6.48. The van der Waals surface area contributed by atoms with Crippen LogP contribution < -0.4 is 4.83 Å². The summed E-state index contributed by atoms with van der Waals surface area (Å²) in [6.07, 6.45) is 2.95. The molecule has 0 aliphatic heterocycles. The van der Waals surface area contributed by atoms with E-state index in [4.69, 9.17) is 0 Å². The second kappa shape index (κ2) is 7.42. The Labute approximate surface area is 148 Å². The third-order valence-electron chi connectivity index (χ3n) is 4.91. The number of hydrogen-bond acceptors (Lipinski definition) is 3. The van der Waals surface area contributed by atoms with Crippen molar-refractivity contribution < 1.29 is 8.42 Å². The molecule has 0 heterocycles. The maximum Gasteiger partial charge on any atom is 0.276 e. The zero-order valence-corrected chi connectivity index (χ0v) is 17.5. The van der Waals surface area contributed by atoms with E-state index in [1.165, 1.54) is 0 Å². The summed E-state index contributed by atoms with van der Waals surface area (Å²) < 4.78 is 26.0. The van der Waals surface area contributed by atoms with E-state index in [1.54, 1.807) is 13.8 Å². The van der Waals surface area contributed by atoms with Gasteiger partial charge >= 0.3 is 0 Å². The molecule has 1 N–H and O–H groups in total. The maximum atomic E-state index is 13.0. The van der Waals surface area contributed by atoms with Gasteiger partial charge in [0.15, 0.2) is 0 Å². The SMILES string of the molecule is CC(C)=NNS(=O)(=O)C1=C(C(C)C)CC(C)(C(C)C)C=C1C(C)C. The fourth-order valence-electron chi connectivity index (χ4n) is 2.94. The van der Waals surface area contributed by atoms with E-state index < -0.39 is 10.0 Å². The van der Waals surface area contributed by atoms with E-state index in [1.807, 2.05) is 0 Å². The maximum absolute atomic E-state index is 13.0. The van der Waals surface area contributed by atoms with Crippen molar-refractivity contribution in [3.05, 3.63) is 22.1 Å². The number of hydrogen-bond donors (Lipinski definition) is 1. The summed E-state index contributed by atoms with van der Waals surface area (Å²) in [5, 5.41) is 3.95. The highest BCUT2D eigenvalue weighted by atomic mass is 32.2. The second-order valence-corrected chi connectivity index (χ2v) is 9.85. The van der Waals surface area contributed by atoms with Crippen molar-refractivity contribution in [3.8, 4) is 0 Å². The Morgan fingerprint density at radius 1 is 1.12 bits per heavy atom. The van der Waals surface area contributed by atoms with E-state index in [0.29, 0.717) is 16.5 Å². The average molecular weight is 355 g/mol. The summed E-state index contributed by atoms with van der Waals surface area (Å²) in [4.78, 5) is 2.87. The third kappa shape index (κ3) is 4.50. The van der Waals surface area contributed by atoms with Gasteiger partial charge in [-0.15, -0.1) is 0 Å². The van der Waals surface area contributed by atoms with Gasteiger partial charge < -0.3 is 0 Å². The fourth-order valence-corrected chi connectivity index (χ4v) is 4.59. The molecule has 1 rings (SSSR count). The smallest absolute Gasteiger partial charge is 0.200 e. The summed E-state index contributed by atoms with van der Waals surface area (Å²) in [6, 6.07) is 0. The molecule has 0 bridgehead atoms. The van der Waals surface area contributed by atoms with Gasteiger partial charge in [0.05, 0.1) is 4.91 Å². The van der Waals surface area contributed by atoms with Crippen LogP contribution in [0, 0.1) is 23.2 Å². The predicted octanol–water partition coefficient (Wildman–Crippen LogP) is 4.86. The number of nitrogens with one attached hydrogen (secondary N) is 1. The van der Waals surface area contributed by atoms with E-state index in [2.05, 4.69) is 64.5 Å². The van der Waals surface area contributed by atoms with Crippen LogP contribution in [0.15, 0.2) is 27.2 Å². The van der Waals surface area contributed by atoms with Crippen LogP contribution in [0.4, 0.5) is 0 Å². The summed E-state index contributed by atoms with van der Waals surface area (Å²) in [5.41, 5.74) is 2.58. The molecule has 0 radical (unpaired) electrons. The van der Waals surface area contributed by atoms with Crippen molar-refractivity contribution in [2.75, 3.05) is 0 Å². The minimum Gasteiger partial charge on any atom is -0.200 e. The largest absolute Gasteiger partial charge is 0.276 e. The van der Waals surface area contributed by atoms with Gasteiger partial charge in [-0.05, 0) is 54.6 Å². The van der Waals surface area contributed by atoms with Gasteiger partial charge in [0.1, 0.15) is 0 Å². The van der Waals surface area contributed by atoms with E-state index >= 15 is 0 Å². The molecule has 0 aromatic heterocycles. The van der Waals surface area contributed by atoms with Crippen LogP contribution in [0.25, 0.3) is 0 Å². The summed E-state index contributed by atoms with van der Waals surface area (Å²) in [6.45, 7) is 18.4. The monoisotopic (exact) mass is 354 g/mol. The Morgan fingerprint density at radius 3 is 2.04 bits per heavy atom. The molecule has 1 aliphatic carbocycles. The first-order valence-corrected chi connectivity index (χ1v) is 10.3. The van der Waals surface area contributed by atoms with E-state index in [-0.39, 0.29) is 17.3 Å². The van der Waals surface area contributed by atoms with Crippen LogP contribution in [0.2, 0.25) is 0 Å². The molecule has 1 atom stereocenters. The Bertz CT molecular complexity index is 663. The first kappa shape index (κ1) is 20.9. The lowest BCUT2D eigenvalue weighted by molar-refractivity contribution is 0.279. The molecule has 138 valence electrons. The molecule has 0 aromatic carbocycles. The number of hydrazone groups is 1. The van der Waals surface area contributed by atoms with Crippen molar-refractivity contribution >= 4 is 15.7 Å². The lowest BCUT2D eigenvalue weighted by atomic mass is 9.67. The van der Waals surface area contributed by atoms with E-state index in [9.17, 15) is 8.42 Å². The highest BCUT2D eigenvalue weighted by Crippen LogP contribution is 2.47. The Balaban J connectivity index is 3.62. The number of allylic oxidation sites excluding steroid dienone is 3. The van der Waals surface area contributed by atoms with Crippen molar-refractivity contribution in [2.24, 2.45) is 28.3 Å². The average Bonchev–Trinajstić information content (AvgIpc) is 2.43. The molecule has 1 aliphatic rings. The fraction of sp³-hybridized carbons (Fsp3) is 0.737. The van der Waals surface area contributed by atoms with Crippen LogP contribution >= 0.6 is 0 Å². The molecule has 24 heavy (non-hydrogen) atoms. The minimum absolute atomic E-state index is 0.0256. The first-order valence-electron chi connectivity index (χ1n) is 8.80. The summed E-state index contributed by atoms with van der Waals surface area (Å²) in [7, 11) is -3.67. The zero-order valence-electron chi connectivity index (χ0n) is 16.7. The normalized spacial score (nSPS) is 22.2. The molecule has 0 saturated carbocycles. The molecule has 0 saturated heterocycles. The van der Waals surface area contributed by atoms with Crippen molar-refractivity contribution in [2.45, 2.75) is 68.7 Å². The van der Waals surface area contributed by atoms with Crippen LogP contribution in [0.5, 0.6) is 0 Å². The van der Waals surface area contributed by atoms with Gasteiger partial charge in [-0.25, -0.2) is 4.83 Å². The second-order valence-electron chi connectivity index (χ2n) is 8.25. The van der Waals surface area contributed by atoms with Crippen LogP contribution in [-0.4, -0.2) is 14.1 Å². The van der Waals surface area contributed by atoms with Crippen LogP contribution in [0.3, 0.4) is 0 Å². The van der Waals surface area contributed by atoms with Crippen LogP contribution in [0.1, 0.15) is 68.7 Å². The number of nitrogens with zero attached hydrogens (tertiary/aromatic N) is 1. The molecule has 0 fully saturated rings. The standard InChI is InChI=1S/C19H34N2O2S/c1-12(2)16-10-19(9,14(5)6)11-17(13(3)4)18(16)24(22,23)21-20-15(7)8/h10,12-14,21H,11H2,1-9H3. The van der Waals surface area contributed by atoms with Gasteiger partial charge in [-0.2, -0.15) is 13.5 Å². The molecule has 0 aromatic rings. The molecule has 1 unspecified atom stereocenters. The molecule has 4 nitrogen and oxygen atoms in total. The molecule has 0 amide bonds. The lowest BCUT2D eigenvalue weighted by Gasteiger charge is -2.39. The Hall–Kier alpha value is -1.10. The topological polar surface area (TPSA) is 58.5 Å². The molecule has 0 spiro atoms. The lowest BCUT2D eigenvalue weighted by Crippen LogP contribution is -2.33.